The Morgan fingerprint density at radius 3 is 2.07 bits per heavy atom. The van der Waals surface area contributed by atoms with Crippen molar-refractivity contribution in [3.8, 4) is 0 Å². The highest BCUT2D eigenvalue weighted by Crippen LogP contribution is 2.25. The predicted octanol–water partition coefficient (Wildman–Crippen LogP) is 2.74. The molecule has 2 N–H and O–H groups in total. The molecule has 15 heavy (non-hydrogen) atoms. The van der Waals surface area contributed by atoms with Crippen LogP contribution in [0.1, 0.15) is 25.0 Å². The first-order valence-corrected chi connectivity index (χ1v) is 5.28. The second kappa shape index (κ2) is 6.87. The number of benzene rings is 1. The molecule has 0 saturated heterocycles. The molecule has 0 aromatic heterocycles. The molecule has 0 atom stereocenters. The van der Waals surface area contributed by atoms with E-state index in [2.05, 4.69) is 15.9 Å². The average Bonchev–Trinajstić information content (AvgIpc) is 2.27. The van der Waals surface area contributed by atoms with E-state index in [4.69, 9.17) is 10.2 Å². The van der Waals surface area contributed by atoms with E-state index in [0.29, 0.717) is 0 Å². The third kappa shape index (κ3) is 3.22. The van der Waals surface area contributed by atoms with Crippen molar-refractivity contribution in [2.45, 2.75) is 27.1 Å². The van der Waals surface area contributed by atoms with Gasteiger partial charge in [0.25, 0.3) is 0 Å². The molecule has 0 radical (unpaired) electrons. The van der Waals surface area contributed by atoms with Gasteiger partial charge in [-0.2, -0.15) is 0 Å². The Morgan fingerprint density at radius 1 is 1.13 bits per heavy atom. The van der Waals surface area contributed by atoms with Crippen molar-refractivity contribution in [2.24, 2.45) is 0 Å². The Labute approximate surface area is 95.7 Å². The molecule has 2 nitrogen and oxygen atoms in total. The van der Waals surface area contributed by atoms with Gasteiger partial charge in [0.15, 0.2) is 11.6 Å². The van der Waals surface area contributed by atoms with E-state index in [1.807, 2.05) is 13.8 Å². The molecule has 0 unspecified atom stereocenters. The highest BCUT2D eigenvalue weighted by Gasteiger charge is 2.15. The van der Waals surface area contributed by atoms with Gasteiger partial charge in [0.05, 0.1) is 13.2 Å². The van der Waals surface area contributed by atoms with Gasteiger partial charge in [-0.15, -0.1) is 0 Å². The summed E-state index contributed by atoms with van der Waals surface area (Å²) in [6, 6.07) is 1.24. The van der Waals surface area contributed by atoms with Crippen LogP contribution in [0.2, 0.25) is 0 Å². The van der Waals surface area contributed by atoms with E-state index < -0.39 is 24.8 Å². The number of halogens is 3. The van der Waals surface area contributed by atoms with Crippen LogP contribution in [0.4, 0.5) is 8.78 Å². The molecule has 1 aromatic rings. The lowest BCUT2D eigenvalue weighted by Crippen LogP contribution is -2.01. The number of hydrogen-bond donors (Lipinski definition) is 2. The summed E-state index contributed by atoms with van der Waals surface area (Å²) in [5.41, 5.74) is -0.281. The molecule has 0 amide bonds. The molecular formula is C10H13BrF2O2. The number of hydrogen-bond acceptors (Lipinski definition) is 2. The van der Waals surface area contributed by atoms with Gasteiger partial charge in [0.2, 0.25) is 0 Å². The molecule has 0 aliphatic heterocycles. The summed E-state index contributed by atoms with van der Waals surface area (Å²) in [6.45, 7) is 2.84. The van der Waals surface area contributed by atoms with Crippen LogP contribution in [0.15, 0.2) is 10.5 Å². The van der Waals surface area contributed by atoms with Crippen LogP contribution in [0.3, 0.4) is 0 Å². The minimum Gasteiger partial charge on any atom is -0.392 e. The smallest absolute Gasteiger partial charge is 0.165 e. The molecule has 1 rings (SSSR count). The van der Waals surface area contributed by atoms with Gasteiger partial charge in [-0.25, -0.2) is 8.78 Å². The summed E-state index contributed by atoms with van der Waals surface area (Å²) in [5, 5.41) is 17.3. The molecule has 0 aliphatic carbocycles. The lowest BCUT2D eigenvalue weighted by atomic mass is 10.1. The molecule has 86 valence electrons. The van der Waals surface area contributed by atoms with Crippen LogP contribution in [0.5, 0.6) is 0 Å². The second-order valence-electron chi connectivity index (χ2n) is 2.44. The van der Waals surface area contributed by atoms with Crippen LogP contribution in [0.25, 0.3) is 0 Å². The normalized spacial score (nSPS) is 9.53. The maximum atomic E-state index is 13.0. The van der Waals surface area contributed by atoms with E-state index in [9.17, 15) is 8.78 Å². The van der Waals surface area contributed by atoms with Gasteiger partial charge < -0.3 is 10.2 Å². The monoisotopic (exact) mass is 282 g/mol. The molecule has 1 aromatic carbocycles. The standard InChI is InChI=1S/C8H7BrF2O2.C2H6/c9-6-1-4(2-12)7(10)8(11)5(6)3-13;1-2/h1,12-13H,2-3H2;1-2H3. The molecule has 0 spiro atoms. The fourth-order valence-electron chi connectivity index (χ4n) is 0.942. The van der Waals surface area contributed by atoms with Crippen LogP contribution >= 0.6 is 15.9 Å². The Kier molecular flexibility index (Phi) is 6.63. The van der Waals surface area contributed by atoms with Crippen LogP contribution < -0.4 is 0 Å². The summed E-state index contributed by atoms with van der Waals surface area (Å²) in [5.74, 6) is -2.24. The summed E-state index contributed by atoms with van der Waals surface area (Å²) < 4.78 is 26.2. The fraction of sp³-hybridized carbons (Fsp3) is 0.400. The molecule has 0 aliphatic rings. The van der Waals surface area contributed by atoms with Crippen molar-refractivity contribution in [2.75, 3.05) is 0 Å². The number of aliphatic hydroxyl groups is 2. The van der Waals surface area contributed by atoms with Crippen LogP contribution in [0, 0.1) is 11.6 Å². The molecular weight excluding hydrogens is 270 g/mol. The first kappa shape index (κ1) is 14.5. The highest BCUT2D eigenvalue weighted by atomic mass is 79.9. The zero-order chi connectivity index (χ0) is 12.0. The minimum absolute atomic E-state index is 0.137. The van der Waals surface area contributed by atoms with Crippen molar-refractivity contribution >= 4 is 15.9 Å². The molecule has 0 fully saturated rings. The lowest BCUT2D eigenvalue weighted by molar-refractivity contribution is 0.263. The van der Waals surface area contributed by atoms with E-state index in [0.717, 1.165) is 0 Å². The van der Waals surface area contributed by atoms with Crippen molar-refractivity contribution in [1.29, 1.82) is 0 Å². The number of rotatable bonds is 2. The van der Waals surface area contributed by atoms with Gasteiger partial charge in [-0.05, 0) is 6.07 Å². The molecule has 0 bridgehead atoms. The second-order valence-corrected chi connectivity index (χ2v) is 3.29. The van der Waals surface area contributed by atoms with Crippen LogP contribution in [-0.2, 0) is 13.2 Å². The SMILES string of the molecule is CC.OCc1cc(Br)c(CO)c(F)c1F. The Balaban J connectivity index is 0.000000921. The van der Waals surface area contributed by atoms with Crippen molar-refractivity contribution in [3.63, 3.8) is 0 Å². The molecule has 5 heteroatoms. The maximum absolute atomic E-state index is 13.0. The van der Waals surface area contributed by atoms with Gasteiger partial charge in [0.1, 0.15) is 0 Å². The Hall–Kier alpha value is -0.520. The molecule has 0 saturated carbocycles. The summed E-state index contributed by atoms with van der Waals surface area (Å²) in [4.78, 5) is 0. The summed E-state index contributed by atoms with van der Waals surface area (Å²) in [7, 11) is 0. The van der Waals surface area contributed by atoms with Gasteiger partial charge in [0, 0.05) is 15.6 Å². The van der Waals surface area contributed by atoms with Gasteiger partial charge in [-0.3, -0.25) is 0 Å². The van der Waals surface area contributed by atoms with E-state index in [-0.39, 0.29) is 15.6 Å². The van der Waals surface area contributed by atoms with E-state index >= 15 is 0 Å². The topological polar surface area (TPSA) is 40.5 Å². The zero-order valence-corrected chi connectivity index (χ0v) is 10.1. The highest BCUT2D eigenvalue weighted by molar-refractivity contribution is 9.10. The minimum atomic E-state index is -1.12. The first-order valence-electron chi connectivity index (χ1n) is 4.48. The predicted molar refractivity (Wildman–Crippen MR) is 57.3 cm³/mol. The quantitative estimate of drug-likeness (QED) is 0.819. The maximum Gasteiger partial charge on any atom is 0.165 e. The van der Waals surface area contributed by atoms with Crippen molar-refractivity contribution in [3.05, 3.63) is 33.3 Å². The molecule has 0 heterocycles. The van der Waals surface area contributed by atoms with Crippen LogP contribution in [-0.4, -0.2) is 10.2 Å². The number of aliphatic hydroxyl groups excluding tert-OH is 2. The first-order chi connectivity index (χ1) is 7.11. The third-order valence-electron chi connectivity index (χ3n) is 1.66. The fourth-order valence-corrected chi connectivity index (χ4v) is 1.52. The Bertz CT molecular complexity index is 330. The third-order valence-corrected chi connectivity index (χ3v) is 2.36. The van der Waals surface area contributed by atoms with E-state index in [1.54, 1.807) is 0 Å². The Morgan fingerprint density at radius 2 is 1.67 bits per heavy atom. The summed E-state index contributed by atoms with van der Waals surface area (Å²) in [6.07, 6.45) is 0. The zero-order valence-electron chi connectivity index (χ0n) is 8.52. The van der Waals surface area contributed by atoms with Gasteiger partial charge >= 0.3 is 0 Å². The lowest BCUT2D eigenvalue weighted by Gasteiger charge is -2.07. The van der Waals surface area contributed by atoms with Gasteiger partial charge in [-0.1, -0.05) is 29.8 Å². The van der Waals surface area contributed by atoms with Crippen molar-refractivity contribution < 1.29 is 19.0 Å². The van der Waals surface area contributed by atoms with E-state index in [1.165, 1.54) is 6.07 Å². The summed E-state index contributed by atoms with van der Waals surface area (Å²) >= 11 is 2.96. The largest absolute Gasteiger partial charge is 0.392 e. The van der Waals surface area contributed by atoms with Crippen molar-refractivity contribution in [1.82, 2.24) is 0 Å². The average molecular weight is 283 g/mol.